The predicted molar refractivity (Wildman–Crippen MR) is 77.9 cm³/mol. The summed E-state index contributed by atoms with van der Waals surface area (Å²) in [4.78, 5) is 0. The molecule has 0 bridgehead atoms. The maximum absolute atomic E-state index is 5.87. The van der Waals surface area contributed by atoms with E-state index in [0.29, 0.717) is 0 Å². The molecule has 1 atom stereocenters. The molecule has 20 heavy (non-hydrogen) atoms. The molecule has 0 aliphatic carbocycles. The molecule has 0 radical (unpaired) electrons. The molecule has 0 aliphatic heterocycles. The van der Waals surface area contributed by atoms with Crippen LogP contribution in [0.4, 0.5) is 0 Å². The second-order valence-electron chi connectivity index (χ2n) is 5.01. The monoisotopic (exact) mass is 270 g/mol. The van der Waals surface area contributed by atoms with E-state index in [9.17, 15) is 0 Å². The maximum Gasteiger partial charge on any atom is 0.134 e. The van der Waals surface area contributed by atoms with Gasteiger partial charge in [0.2, 0.25) is 0 Å². The fourth-order valence-corrected chi connectivity index (χ4v) is 2.48. The van der Waals surface area contributed by atoms with Crippen LogP contribution in [0.1, 0.15) is 23.2 Å². The van der Waals surface area contributed by atoms with Crippen molar-refractivity contribution in [3.05, 3.63) is 53.5 Å². The fourth-order valence-electron chi connectivity index (χ4n) is 2.48. The summed E-state index contributed by atoms with van der Waals surface area (Å²) >= 11 is 0. The first-order valence-corrected chi connectivity index (χ1v) is 6.61. The predicted octanol–water partition coefficient (Wildman–Crippen LogP) is 2.22. The second-order valence-corrected chi connectivity index (χ2v) is 5.01. The Morgan fingerprint density at radius 2 is 2.15 bits per heavy atom. The summed E-state index contributed by atoms with van der Waals surface area (Å²) in [6, 6.07) is 12.0. The normalized spacial score (nSPS) is 12.9. The zero-order valence-corrected chi connectivity index (χ0v) is 11.6. The number of para-hydroxylation sites is 1. The summed E-state index contributed by atoms with van der Waals surface area (Å²) in [5.74, 6) is 6.53. The minimum Gasteiger partial charge on any atom is -0.459 e. The van der Waals surface area contributed by atoms with E-state index in [1.54, 1.807) is 0 Å². The number of rotatable bonds is 4. The molecule has 0 spiro atoms. The summed E-state index contributed by atoms with van der Waals surface area (Å²) in [6.45, 7) is 1.98. The van der Waals surface area contributed by atoms with Crippen LogP contribution in [0.3, 0.4) is 0 Å². The van der Waals surface area contributed by atoms with E-state index in [4.69, 9.17) is 10.3 Å². The van der Waals surface area contributed by atoms with Gasteiger partial charge in [-0.15, -0.1) is 0 Å². The topological polar surface area (TPSA) is 69.0 Å². The van der Waals surface area contributed by atoms with Gasteiger partial charge in [0.05, 0.1) is 11.7 Å². The third-order valence-electron chi connectivity index (χ3n) is 3.50. The number of nitrogens with two attached hydrogens (primary N) is 1. The lowest BCUT2D eigenvalue weighted by Gasteiger charge is -2.13. The van der Waals surface area contributed by atoms with Crippen LogP contribution >= 0.6 is 0 Å². The van der Waals surface area contributed by atoms with Crippen molar-refractivity contribution in [3.63, 3.8) is 0 Å². The first-order chi connectivity index (χ1) is 9.67. The van der Waals surface area contributed by atoms with Gasteiger partial charge in [-0.1, -0.05) is 18.2 Å². The summed E-state index contributed by atoms with van der Waals surface area (Å²) in [5.41, 5.74) is 5.83. The number of aryl methyl sites for hydroxylation is 2. The highest BCUT2D eigenvalue weighted by Crippen LogP contribution is 2.25. The lowest BCUT2D eigenvalue weighted by atomic mass is 10.1. The highest BCUT2D eigenvalue weighted by atomic mass is 16.3. The molecule has 0 amide bonds. The average Bonchev–Trinajstić information content (AvgIpc) is 2.99. The molecule has 0 saturated heterocycles. The molecule has 5 heteroatoms. The van der Waals surface area contributed by atoms with Crippen LogP contribution in [0.5, 0.6) is 0 Å². The Hall–Kier alpha value is -2.11. The van der Waals surface area contributed by atoms with Crippen molar-refractivity contribution >= 4 is 11.0 Å². The van der Waals surface area contributed by atoms with Gasteiger partial charge in [-0.2, -0.15) is 5.10 Å². The number of hydrogen-bond donors (Lipinski definition) is 2. The number of hydrazine groups is 1. The van der Waals surface area contributed by atoms with Gasteiger partial charge in [0, 0.05) is 24.5 Å². The molecule has 0 fully saturated rings. The van der Waals surface area contributed by atoms with Gasteiger partial charge >= 0.3 is 0 Å². The largest absolute Gasteiger partial charge is 0.459 e. The Kier molecular flexibility index (Phi) is 3.30. The quantitative estimate of drug-likeness (QED) is 0.563. The molecule has 0 saturated carbocycles. The van der Waals surface area contributed by atoms with Crippen molar-refractivity contribution < 1.29 is 4.42 Å². The van der Waals surface area contributed by atoms with Gasteiger partial charge in [-0.05, 0) is 25.1 Å². The van der Waals surface area contributed by atoms with Crippen LogP contribution in [0.2, 0.25) is 0 Å². The van der Waals surface area contributed by atoms with Gasteiger partial charge in [-0.3, -0.25) is 10.5 Å². The van der Waals surface area contributed by atoms with E-state index in [0.717, 1.165) is 34.5 Å². The minimum atomic E-state index is -0.0720. The van der Waals surface area contributed by atoms with Crippen LogP contribution in [0.25, 0.3) is 11.0 Å². The molecule has 1 unspecified atom stereocenters. The second kappa shape index (κ2) is 5.11. The number of benzene rings is 1. The van der Waals surface area contributed by atoms with E-state index >= 15 is 0 Å². The molecule has 2 heterocycles. The first kappa shape index (κ1) is 12.9. The lowest BCUT2D eigenvalue weighted by Crippen LogP contribution is -2.29. The zero-order valence-electron chi connectivity index (χ0n) is 11.6. The van der Waals surface area contributed by atoms with E-state index in [2.05, 4.69) is 16.6 Å². The molecule has 104 valence electrons. The van der Waals surface area contributed by atoms with Crippen LogP contribution in [-0.4, -0.2) is 9.78 Å². The molecule has 3 N–H and O–H groups in total. The van der Waals surface area contributed by atoms with Crippen molar-refractivity contribution in [2.75, 3.05) is 0 Å². The highest BCUT2D eigenvalue weighted by Gasteiger charge is 2.17. The molecular formula is C15H18N4O. The van der Waals surface area contributed by atoms with Crippen LogP contribution in [0.15, 0.2) is 40.8 Å². The molecule has 0 aliphatic rings. The smallest absolute Gasteiger partial charge is 0.134 e. The molecule has 3 aromatic rings. The van der Waals surface area contributed by atoms with Crippen molar-refractivity contribution in [1.82, 2.24) is 15.2 Å². The molecular weight excluding hydrogens is 252 g/mol. The van der Waals surface area contributed by atoms with Crippen LogP contribution in [-0.2, 0) is 13.5 Å². The molecule has 2 aromatic heterocycles. The number of hydrogen-bond acceptors (Lipinski definition) is 4. The van der Waals surface area contributed by atoms with Crippen LogP contribution < -0.4 is 11.3 Å². The van der Waals surface area contributed by atoms with E-state index < -0.39 is 0 Å². The van der Waals surface area contributed by atoms with Crippen molar-refractivity contribution in [1.29, 1.82) is 0 Å². The number of nitrogens with one attached hydrogen (secondary N) is 1. The molecule has 1 aromatic carbocycles. The van der Waals surface area contributed by atoms with E-state index in [-0.39, 0.29) is 6.04 Å². The lowest BCUT2D eigenvalue weighted by molar-refractivity contribution is 0.427. The minimum absolute atomic E-state index is 0.0720. The molecule has 5 nitrogen and oxygen atoms in total. The SMILES string of the molecule is Cc1cc(CC(NN)c2cc3ccccc3o2)n(C)n1. The Bertz CT molecular complexity index is 695. The Morgan fingerprint density at radius 3 is 2.80 bits per heavy atom. The van der Waals surface area contributed by atoms with Crippen molar-refractivity contribution in [2.45, 2.75) is 19.4 Å². The van der Waals surface area contributed by atoms with Gasteiger partial charge in [0.15, 0.2) is 0 Å². The number of furan rings is 1. The van der Waals surface area contributed by atoms with Gasteiger partial charge in [0.1, 0.15) is 11.3 Å². The van der Waals surface area contributed by atoms with Gasteiger partial charge in [0.25, 0.3) is 0 Å². The fraction of sp³-hybridized carbons (Fsp3) is 0.267. The zero-order chi connectivity index (χ0) is 14.1. The van der Waals surface area contributed by atoms with Gasteiger partial charge < -0.3 is 4.42 Å². The number of fused-ring (bicyclic) bond motifs is 1. The third kappa shape index (κ3) is 2.33. The summed E-state index contributed by atoms with van der Waals surface area (Å²) in [5, 5.41) is 5.44. The van der Waals surface area contributed by atoms with Crippen LogP contribution in [0, 0.1) is 6.92 Å². The summed E-state index contributed by atoms with van der Waals surface area (Å²) < 4.78 is 7.75. The standard InChI is InChI=1S/C15H18N4O/c1-10-7-12(19(2)18-10)9-13(17-16)15-8-11-5-3-4-6-14(11)20-15/h3-8,13,17H,9,16H2,1-2H3. The van der Waals surface area contributed by atoms with Crippen molar-refractivity contribution in [2.24, 2.45) is 12.9 Å². The summed E-state index contributed by atoms with van der Waals surface area (Å²) in [7, 11) is 1.94. The maximum atomic E-state index is 5.87. The summed E-state index contributed by atoms with van der Waals surface area (Å²) in [6.07, 6.45) is 0.730. The third-order valence-corrected chi connectivity index (χ3v) is 3.50. The van der Waals surface area contributed by atoms with E-state index in [1.807, 2.05) is 49.0 Å². The highest BCUT2D eigenvalue weighted by molar-refractivity contribution is 5.77. The first-order valence-electron chi connectivity index (χ1n) is 6.61. The Morgan fingerprint density at radius 1 is 1.35 bits per heavy atom. The van der Waals surface area contributed by atoms with Crippen molar-refractivity contribution in [3.8, 4) is 0 Å². The van der Waals surface area contributed by atoms with E-state index in [1.165, 1.54) is 0 Å². The van der Waals surface area contributed by atoms with Gasteiger partial charge in [-0.25, -0.2) is 5.43 Å². The number of nitrogens with zero attached hydrogens (tertiary/aromatic N) is 2. The average molecular weight is 270 g/mol. The molecule has 3 rings (SSSR count). The Labute approximate surface area is 117 Å². The Balaban J connectivity index is 1.91. The number of aromatic nitrogens is 2.